The van der Waals surface area contributed by atoms with Gasteiger partial charge in [0.2, 0.25) is 10.0 Å². The van der Waals surface area contributed by atoms with Crippen molar-refractivity contribution in [3.63, 3.8) is 0 Å². The van der Waals surface area contributed by atoms with Crippen LogP contribution in [0.4, 0.5) is 0 Å². The highest BCUT2D eigenvalue weighted by Crippen LogP contribution is 2.37. The summed E-state index contributed by atoms with van der Waals surface area (Å²) < 4.78 is 29.2. The summed E-state index contributed by atoms with van der Waals surface area (Å²) in [5, 5.41) is 0. The Labute approximate surface area is 127 Å². The first-order chi connectivity index (χ1) is 9.94. The maximum Gasteiger partial charge on any atom is 0.242 e. The summed E-state index contributed by atoms with van der Waals surface area (Å²) in [6.07, 6.45) is 5.76. The van der Waals surface area contributed by atoms with Crippen LogP contribution in [-0.4, -0.2) is 45.1 Å². The van der Waals surface area contributed by atoms with Gasteiger partial charge in [0, 0.05) is 31.0 Å². The number of hydrogen-bond donors (Lipinski definition) is 2. The van der Waals surface area contributed by atoms with Gasteiger partial charge < -0.3 is 15.2 Å². The molecule has 0 saturated heterocycles. The quantitative estimate of drug-likeness (QED) is 0.664. The first-order valence-electron chi connectivity index (χ1n) is 7.49. The smallest absolute Gasteiger partial charge is 0.242 e. The fourth-order valence-electron chi connectivity index (χ4n) is 2.34. The first-order valence-corrected chi connectivity index (χ1v) is 8.97. The molecule has 3 N–H and O–H groups in total. The molecule has 1 aliphatic rings. The van der Waals surface area contributed by atoms with E-state index in [2.05, 4.69) is 9.62 Å². The highest BCUT2D eigenvalue weighted by molar-refractivity contribution is 7.89. The number of rotatable bonds is 9. The van der Waals surface area contributed by atoms with E-state index in [9.17, 15) is 8.42 Å². The van der Waals surface area contributed by atoms with Crippen LogP contribution in [0.25, 0.3) is 0 Å². The summed E-state index contributed by atoms with van der Waals surface area (Å²) in [4.78, 5) is 2.43. The van der Waals surface area contributed by atoms with Crippen molar-refractivity contribution in [2.75, 3.05) is 27.2 Å². The summed E-state index contributed by atoms with van der Waals surface area (Å²) in [7, 11) is 0.608. The molecule has 0 atom stereocenters. The molecule has 1 aromatic heterocycles. The summed E-state index contributed by atoms with van der Waals surface area (Å²) >= 11 is 0. The zero-order valence-electron chi connectivity index (χ0n) is 12.9. The Kier molecular flexibility index (Phi) is 5.43. The van der Waals surface area contributed by atoms with E-state index in [-0.39, 0.29) is 0 Å². The van der Waals surface area contributed by atoms with Gasteiger partial charge in [-0.1, -0.05) is 0 Å². The largest absolute Gasteiger partial charge is 0.346 e. The van der Waals surface area contributed by atoms with Gasteiger partial charge in [-0.2, -0.15) is 0 Å². The molecule has 0 amide bonds. The molecule has 1 aliphatic carbocycles. The Morgan fingerprint density at radius 2 is 2.10 bits per heavy atom. The molecule has 0 aromatic carbocycles. The lowest BCUT2D eigenvalue weighted by atomic mass is 10.3. The highest BCUT2D eigenvalue weighted by atomic mass is 32.2. The Morgan fingerprint density at radius 1 is 1.38 bits per heavy atom. The van der Waals surface area contributed by atoms with Crippen LogP contribution in [0, 0.1) is 0 Å². The highest BCUT2D eigenvalue weighted by Gasteiger charge is 2.27. The van der Waals surface area contributed by atoms with Gasteiger partial charge in [-0.15, -0.1) is 0 Å². The third-order valence-corrected chi connectivity index (χ3v) is 5.12. The van der Waals surface area contributed by atoms with Gasteiger partial charge in [-0.25, -0.2) is 13.1 Å². The van der Waals surface area contributed by atoms with Gasteiger partial charge in [0.05, 0.1) is 4.90 Å². The van der Waals surface area contributed by atoms with Gasteiger partial charge in [-0.3, -0.25) is 0 Å². The first kappa shape index (κ1) is 16.5. The number of aromatic nitrogens is 1. The van der Waals surface area contributed by atoms with Crippen LogP contribution in [0.5, 0.6) is 0 Å². The van der Waals surface area contributed by atoms with Crippen LogP contribution in [0.3, 0.4) is 0 Å². The Morgan fingerprint density at radius 3 is 2.67 bits per heavy atom. The standard InChI is InChI=1S/C14H26N4O2S/c1-17(2)8-4-3-7-16-21(19,20)14-9-13(10-15)18(11-14)12-5-6-12/h9,11-12,16H,3-8,10,15H2,1-2H3. The Hall–Kier alpha value is -0.890. The number of hydrogen-bond acceptors (Lipinski definition) is 4. The lowest BCUT2D eigenvalue weighted by molar-refractivity contribution is 0.394. The van der Waals surface area contributed by atoms with Crippen LogP contribution in [0.15, 0.2) is 17.2 Å². The average Bonchev–Trinajstić information content (AvgIpc) is 3.16. The SMILES string of the molecule is CN(C)CCCCNS(=O)(=O)c1cc(CN)n(C2CC2)c1. The molecule has 21 heavy (non-hydrogen) atoms. The molecule has 120 valence electrons. The predicted octanol–water partition coefficient (Wildman–Crippen LogP) is 0.902. The van der Waals surface area contributed by atoms with E-state index in [1.165, 1.54) is 0 Å². The molecule has 0 spiro atoms. The van der Waals surface area contributed by atoms with Crippen molar-refractivity contribution in [2.24, 2.45) is 5.73 Å². The summed E-state index contributed by atoms with van der Waals surface area (Å²) in [6, 6.07) is 2.13. The van der Waals surface area contributed by atoms with Crippen LogP contribution in [-0.2, 0) is 16.6 Å². The van der Waals surface area contributed by atoms with Crippen LogP contribution in [0.1, 0.15) is 37.4 Å². The molecule has 0 bridgehead atoms. The van der Waals surface area contributed by atoms with Crippen molar-refractivity contribution in [1.82, 2.24) is 14.2 Å². The number of unbranched alkanes of at least 4 members (excludes halogenated alkanes) is 1. The van der Waals surface area contributed by atoms with Crippen LogP contribution in [0.2, 0.25) is 0 Å². The second-order valence-electron chi connectivity index (χ2n) is 5.92. The molecule has 1 heterocycles. The average molecular weight is 314 g/mol. The molecular formula is C14H26N4O2S. The fraction of sp³-hybridized carbons (Fsp3) is 0.714. The third-order valence-electron chi connectivity index (χ3n) is 3.69. The molecule has 6 nitrogen and oxygen atoms in total. The zero-order chi connectivity index (χ0) is 15.5. The minimum absolute atomic E-state index is 0.336. The van der Waals surface area contributed by atoms with Crippen molar-refractivity contribution in [3.05, 3.63) is 18.0 Å². The molecule has 1 fully saturated rings. The molecule has 0 aliphatic heterocycles. The van der Waals surface area contributed by atoms with Crippen LogP contribution < -0.4 is 10.5 Å². The molecule has 1 saturated carbocycles. The maximum absolute atomic E-state index is 12.3. The van der Waals surface area contributed by atoms with Gasteiger partial charge in [0.1, 0.15) is 0 Å². The van der Waals surface area contributed by atoms with Crippen molar-refractivity contribution in [2.45, 2.75) is 43.2 Å². The second kappa shape index (κ2) is 6.91. The number of nitrogens with zero attached hydrogens (tertiary/aromatic N) is 2. The summed E-state index contributed by atoms with van der Waals surface area (Å²) in [6.45, 7) is 1.81. The molecule has 0 unspecified atom stereocenters. The number of nitrogens with two attached hydrogens (primary N) is 1. The van der Waals surface area contributed by atoms with E-state index in [0.717, 1.165) is 37.9 Å². The van der Waals surface area contributed by atoms with Gasteiger partial charge >= 0.3 is 0 Å². The molecule has 7 heteroatoms. The number of nitrogens with one attached hydrogen (secondary N) is 1. The van der Waals surface area contributed by atoms with E-state index in [1.54, 1.807) is 12.3 Å². The topological polar surface area (TPSA) is 80.4 Å². The lowest BCUT2D eigenvalue weighted by Gasteiger charge is -2.09. The summed E-state index contributed by atoms with van der Waals surface area (Å²) in [5.41, 5.74) is 6.59. The van der Waals surface area contributed by atoms with E-state index >= 15 is 0 Å². The van der Waals surface area contributed by atoms with Crippen molar-refractivity contribution >= 4 is 10.0 Å². The predicted molar refractivity (Wildman–Crippen MR) is 83.6 cm³/mol. The normalized spacial score (nSPS) is 15.8. The van der Waals surface area contributed by atoms with E-state index in [0.29, 0.717) is 24.0 Å². The second-order valence-corrected chi connectivity index (χ2v) is 7.68. The Bertz CT molecular complexity index is 562. The van der Waals surface area contributed by atoms with Crippen LogP contribution >= 0.6 is 0 Å². The monoisotopic (exact) mass is 314 g/mol. The van der Waals surface area contributed by atoms with Gasteiger partial charge in [0.25, 0.3) is 0 Å². The van der Waals surface area contributed by atoms with E-state index in [1.807, 2.05) is 18.7 Å². The van der Waals surface area contributed by atoms with Gasteiger partial charge in [-0.05, 0) is 52.4 Å². The van der Waals surface area contributed by atoms with Crippen molar-refractivity contribution < 1.29 is 8.42 Å². The zero-order valence-corrected chi connectivity index (χ0v) is 13.7. The number of sulfonamides is 1. The van der Waals surface area contributed by atoms with E-state index < -0.39 is 10.0 Å². The molecule has 0 radical (unpaired) electrons. The third kappa shape index (κ3) is 4.54. The maximum atomic E-state index is 12.3. The fourth-order valence-corrected chi connectivity index (χ4v) is 3.47. The molecular weight excluding hydrogens is 288 g/mol. The molecule has 1 aromatic rings. The van der Waals surface area contributed by atoms with Crippen molar-refractivity contribution in [3.8, 4) is 0 Å². The Balaban J connectivity index is 1.93. The minimum atomic E-state index is -3.42. The summed E-state index contributed by atoms with van der Waals surface area (Å²) in [5.74, 6) is 0. The lowest BCUT2D eigenvalue weighted by Crippen LogP contribution is -2.25. The minimum Gasteiger partial charge on any atom is -0.346 e. The van der Waals surface area contributed by atoms with Gasteiger partial charge in [0.15, 0.2) is 0 Å². The van der Waals surface area contributed by atoms with E-state index in [4.69, 9.17) is 5.73 Å². The molecule has 2 rings (SSSR count). The van der Waals surface area contributed by atoms with Crippen molar-refractivity contribution in [1.29, 1.82) is 0 Å².